The maximum Gasteiger partial charge on any atom is 0.132 e. The lowest BCUT2D eigenvalue weighted by atomic mass is 9.60. The van der Waals surface area contributed by atoms with Gasteiger partial charge >= 0.3 is 0 Å². The summed E-state index contributed by atoms with van der Waals surface area (Å²) in [4.78, 5) is 2.46. The van der Waals surface area contributed by atoms with E-state index in [1.54, 1.807) is 0 Å². The van der Waals surface area contributed by atoms with Gasteiger partial charge in [-0.1, -0.05) is 170 Å². The normalized spacial score (nSPS) is 13.2. The number of nitrogens with zero attached hydrogens (tertiary/aromatic N) is 1. The molecule has 9 aromatic carbocycles. The lowest BCUT2D eigenvalue weighted by Crippen LogP contribution is -2.39. The first-order chi connectivity index (χ1) is 28.3. The largest absolute Gasteiger partial charge is 0.457 e. The van der Waals surface area contributed by atoms with Crippen LogP contribution in [0, 0.1) is 0 Å². The summed E-state index contributed by atoms with van der Waals surface area (Å²) in [5.41, 5.74) is 16.8. The molecule has 0 radical (unpaired) electrons. The van der Waals surface area contributed by atoms with Crippen LogP contribution in [0.5, 0.6) is 11.5 Å². The molecule has 9 aromatic rings. The molecule has 11 rings (SSSR count). The zero-order valence-electron chi connectivity index (χ0n) is 31.2. The van der Waals surface area contributed by atoms with Crippen molar-refractivity contribution in [2.24, 2.45) is 0 Å². The summed E-state index contributed by atoms with van der Waals surface area (Å²) in [5.74, 6) is 1.74. The number of hydrogen-bond acceptors (Lipinski definition) is 2. The Bertz CT molecular complexity index is 2870. The average Bonchev–Trinajstić information content (AvgIpc) is 3.30. The lowest BCUT2D eigenvalue weighted by Gasteiger charge is -2.49. The SMILES string of the molecule is c1ccc(-c2ccc(N3c4ccc(-c5ccccc5)cc4C4(c5ccccc5Oc5ccccc54)c4cc(-c5cccc(-c6ccccc6)c5)ccc43)cc2)cc1. The van der Waals surface area contributed by atoms with Gasteiger partial charge in [-0.25, -0.2) is 0 Å². The third-order valence-corrected chi connectivity index (χ3v) is 11.7. The third kappa shape index (κ3) is 5.33. The van der Waals surface area contributed by atoms with Crippen LogP contribution >= 0.6 is 0 Å². The van der Waals surface area contributed by atoms with Crippen LogP contribution in [0.4, 0.5) is 17.1 Å². The zero-order chi connectivity index (χ0) is 37.8. The molecule has 2 nitrogen and oxygen atoms in total. The standard InChI is InChI=1S/C55H37NO/c1-4-15-38(16-5-1)41-27-31-46(32-28-41)56-51-33-29-44(40-19-8-3-9-20-40)36-49(51)55(47-23-10-12-25-53(47)57-54-26-13-11-24-48(54)55)50-37-45(30-34-52(50)56)43-22-14-21-42(35-43)39-17-6-2-7-18-39/h1-37H. The number of hydrogen-bond donors (Lipinski definition) is 0. The van der Waals surface area contributed by atoms with Crippen molar-refractivity contribution >= 4 is 17.1 Å². The average molecular weight is 728 g/mol. The van der Waals surface area contributed by atoms with E-state index in [-0.39, 0.29) is 0 Å². The molecule has 0 atom stereocenters. The molecular weight excluding hydrogens is 691 g/mol. The predicted molar refractivity (Wildman–Crippen MR) is 235 cm³/mol. The van der Waals surface area contributed by atoms with Gasteiger partial charge in [0.2, 0.25) is 0 Å². The minimum absolute atomic E-state index is 0.700. The van der Waals surface area contributed by atoms with Crippen molar-refractivity contribution in [3.63, 3.8) is 0 Å². The molecule has 57 heavy (non-hydrogen) atoms. The highest BCUT2D eigenvalue weighted by Gasteiger charge is 2.51. The molecule has 268 valence electrons. The molecule has 0 amide bonds. The van der Waals surface area contributed by atoms with E-state index in [1.807, 2.05) is 0 Å². The van der Waals surface area contributed by atoms with Crippen LogP contribution in [0.15, 0.2) is 224 Å². The smallest absolute Gasteiger partial charge is 0.132 e. The van der Waals surface area contributed by atoms with E-state index in [9.17, 15) is 0 Å². The second kappa shape index (κ2) is 13.4. The number of rotatable bonds is 5. The molecule has 2 heteroatoms. The van der Waals surface area contributed by atoms with Crippen molar-refractivity contribution in [1.29, 1.82) is 0 Å². The monoisotopic (exact) mass is 727 g/mol. The Kier molecular flexibility index (Phi) is 7.75. The first kappa shape index (κ1) is 33.0. The highest BCUT2D eigenvalue weighted by atomic mass is 16.5. The van der Waals surface area contributed by atoms with E-state index in [2.05, 4.69) is 229 Å². The van der Waals surface area contributed by atoms with Crippen LogP contribution in [0.2, 0.25) is 0 Å². The van der Waals surface area contributed by atoms with Crippen LogP contribution < -0.4 is 9.64 Å². The van der Waals surface area contributed by atoms with E-state index < -0.39 is 5.41 Å². The van der Waals surface area contributed by atoms with Gasteiger partial charge in [0.25, 0.3) is 0 Å². The van der Waals surface area contributed by atoms with Gasteiger partial charge < -0.3 is 9.64 Å². The molecule has 0 aromatic heterocycles. The van der Waals surface area contributed by atoms with Gasteiger partial charge in [-0.2, -0.15) is 0 Å². The fourth-order valence-electron chi connectivity index (χ4n) is 9.12. The fraction of sp³-hybridized carbons (Fsp3) is 0.0182. The van der Waals surface area contributed by atoms with Gasteiger partial charge in [-0.15, -0.1) is 0 Å². The van der Waals surface area contributed by atoms with Crippen LogP contribution in [0.25, 0.3) is 44.5 Å². The number of ether oxygens (including phenoxy) is 1. The minimum atomic E-state index is -0.700. The van der Waals surface area contributed by atoms with Crippen molar-refractivity contribution in [3.05, 3.63) is 247 Å². The zero-order valence-corrected chi connectivity index (χ0v) is 31.2. The van der Waals surface area contributed by atoms with Gasteiger partial charge in [0.15, 0.2) is 0 Å². The Morgan fingerprint density at radius 1 is 0.281 bits per heavy atom. The molecular formula is C55H37NO. The predicted octanol–water partition coefficient (Wildman–Crippen LogP) is 14.6. The highest BCUT2D eigenvalue weighted by Crippen LogP contribution is 2.63. The molecule has 0 bridgehead atoms. The van der Waals surface area contributed by atoms with E-state index in [0.717, 1.165) is 45.3 Å². The number of benzene rings is 9. The van der Waals surface area contributed by atoms with Crippen molar-refractivity contribution in [2.45, 2.75) is 5.41 Å². The second-order valence-electron chi connectivity index (χ2n) is 14.9. The Morgan fingerprint density at radius 3 is 1.18 bits per heavy atom. The van der Waals surface area contributed by atoms with Crippen LogP contribution in [-0.4, -0.2) is 0 Å². The summed E-state index contributed by atoms with van der Waals surface area (Å²) in [5, 5.41) is 0. The Hall–Kier alpha value is -7.42. The summed E-state index contributed by atoms with van der Waals surface area (Å²) < 4.78 is 6.78. The first-order valence-electron chi connectivity index (χ1n) is 19.6. The van der Waals surface area contributed by atoms with Crippen molar-refractivity contribution in [1.82, 2.24) is 0 Å². The van der Waals surface area contributed by atoms with E-state index in [0.29, 0.717) is 0 Å². The van der Waals surface area contributed by atoms with Crippen molar-refractivity contribution < 1.29 is 4.74 Å². The maximum absolute atomic E-state index is 6.78. The summed E-state index contributed by atoms with van der Waals surface area (Å²) >= 11 is 0. The summed E-state index contributed by atoms with van der Waals surface area (Å²) in [6, 6.07) is 81.3. The molecule has 1 spiro atoms. The highest BCUT2D eigenvalue weighted by molar-refractivity contribution is 5.94. The Balaban J connectivity index is 1.22. The molecule has 2 heterocycles. The third-order valence-electron chi connectivity index (χ3n) is 11.7. The second-order valence-corrected chi connectivity index (χ2v) is 14.9. The molecule has 0 fully saturated rings. The number of fused-ring (bicyclic) bond motifs is 8. The number of anilines is 3. The summed E-state index contributed by atoms with van der Waals surface area (Å²) in [6.07, 6.45) is 0. The maximum atomic E-state index is 6.78. The number of para-hydroxylation sites is 2. The molecule has 0 saturated heterocycles. The van der Waals surface area contributed by atoms with E-state index in [1.165, 1.54) is 50.1 Å². The van der Waals surface area contributed by atoms with Gasteiger partial charge in [-0.3, -0.25) is 0 Å². The Labute approximate surface area is 333 Å². The molecule has 0 saturated carbocycles. The quantitative estimate of drug-likeness (QED) is 0.175. The minimum Gasteiger partial charge on any atom is -0.457 e. The molecule has 0 aliphatic carbocycles. The molecule has 0 unspecified atom stereocenters. The van der Waals surface area contributed by atoms with Crippen molar-refractivity contribution in [2.75, 3.05) is 4.90 Å². The van der Waals surface area contributed by atoms with Crippen molar-refractivity contribution in [3.8, 4) is 56.0 Å². The molecule has 2 aliphatic heterocycles. The first-order valence-corrected chi connectivity index (χ1v) is 19.6. The van der Waals surface area contributed by atoms with Gasteiger partial charge in [0.05, 0.1) is 16.8 Å². The van der Waals surface area contributed by atoms with Gasteiger partial charge in [-0.05, 0) is 110 Å². The molecule has 2 aliphatic rings. The van der Waals surface area contributed by atoms with Gasteiger partial charge in [0, 0.05) is 16.8 Å². The van der Waals surface area contributed by atoms with Crippen LogP contribution in [0.1, 0.15) is 22.3 Å². The van der Waals surface area contributed by atoms with E-state index in [4.69, 9.17) is 4.74 Å². The van der Waals surface area contributed by atoms with Gasteiger partial charge in [0.1, 0.15) is 11.5 Å². The van der Waals surface area contributed by atoms with E-state index >= 15 is 0 Å². The van der Waals surface area contributed by atoms with Crippen LogP contribution in [-0.2, 0) is 5.41 Å². The summed E-state index contributed by atoms with van der Waals surface area (Å²) in [6.45, 7) is 0. The van der Waals surface area contributed by atoms with Crippen LogP contribution in [0.3, 0.4) is 0 Å². The molecule has 0 N–H and O–H groups in total. The lowest BCUT2D eigenvalue weighted by molar-refractivity contribution is 0.434. The fourth-order valence-corrected chi connectivity index (χ4v) is 9.12. The Morgan fingerprint density at radius 2 is 0.649 bits per heavy atom. The summed E-state index contributed by atoms with van der Waals surface area (Å²) in [7, 11) is 0. The topological polar surface area (TPSA) is 12.5 Å².